The van der Waals surface area contributed by atoms with E-state index < -0.39 is 0 Å². The first-order valence-electron chi connectivity index (χ1n) is 4.03. The Bertz CT molecular complexity index is 338. The highest BCUT2D eigenvalue weighted by Gasteiger charge is 2.11. The smallest absolute Gasteiger partial charge is 0.203 e. The SMILES string of the molecule is C#Cc1cc(OC)c(OC)c(OC)c1. The summed E-state index contributed by atoms with van der Waals surface area (Å²) in [5.74, 6) is 4.20. The lowest BCUT2D eigenvalue weighted by atomic mass is 10.2. The molecule has 0 aliphatic heterocycles. The Morgan fingerprint density at radius 3 is 1.79 bits per heavy atom. The highest BCUT2D eigenvalue weighted by atomic mass is 16.5. The number of ether oxygens (including phenoxy) is 3. The Morgan fingerprint density at radius 2 is 1.50 bits per heavy atom. The lowest BCUT2D eigenvalue weighted by molar-refractivity contribution is 0.324. The molecule has 0 atom stereocenters. The number of terminal acetylenes is 1. The van der Waals surface area contributed by atoms with Crippen molar-refractivity contribution in [1.29, 1.82) is 0 Å². The van der Waals surface area contributed by atoms with Crippen LogP contribution in [0.2, 0.25) is 0 Å². The lowest BCUT2D eigenvalue weighted by Crippen LogP contribution is -1.95. The maximum atomic E-state index is 5.29. The van der Waals surface area contributed by atoms with E-state index in [-0.39, 0.29) is 0 Å². The molecule has 0 saturated carbocycles. The first-order chi connectivity index (χ1) is 6.76. The number of hydrogen-bond donors (Lipinski definition) is 0. The van der Waals surface area contributed by atoms with Crippen LogP contribution in [0.4, 0.5) is 0 Å². The van der Waals surface area contributed by atoms with Crippen molar-refractivity contribution in [2.45, 2.75) is 0 Å². The van der Waals surface area contributed by atoms with Crippen molar-refractivity contribution in [3.8, 4) is 29.6 Å². The highest BCUT2D eigenvalue weighted by Crippen LogP contribution is 2.37. The molecule has 1 aromatic rings. The molecular weight excluding hydrogens is 180 g/mol. The van der Waals surface area contributed by atoms with Crippen molar-refractivity contribution in [3.05, 3.63) is 17.7 Å². The standard InChI is InChI=1S/C11H12O3/c1-5-8-6-9(12-2)11(14-4)10(7-8)13-3/h1,6-7H,2-4H3. The van der Waals surface area contributed by atoms with Crippen LogP contribution in [0.1, 0.15) is 5.56 Å². The average Bonchev–Trinajstić information content (AvgIpc) is 2.26. The normalized spacial score (nSPS) is 9.00. The Morgan fingerprint density at radius 1 is 1.00 bits per heavy atom. The second-order valence-electron chi connectivity index (χ2n) is 2.56. The summed E-state index contributed by atoms with van der Waals surface area (Å²) in [6.07, 6.45) is 5.29. The van der Waals surface area contributed by atoms with Gasteiger partial charge >= 0.3 is 0 Å². The Balaban J connectivity index is 3.33. The van der Waals surface area contributed by atoms with Gasteiger partial charge in [0.15, 0.2) is 11.5 Å². The number of rotatable bonds is 3. The zero-order valence-electron chi connectivity index (χ0n) is 8.46. The summed E-state index contributed by atoms with van der Waals surface area (Å²) in [6, 6.07) is 3.45. The van der Waals surface area contributed by atoms with Gasteiger partial charge in [-0.3, -0.25) is 0 Å². The third kappa shape index (κ3) is 1.74. The second kappa shape index (κ2) is 4.43. The molecule has 0 aliphatic rings. The number of hydrogen-bond acceptors (Lipinski definition) is 3. The largest absolute Gasteiger partial charge is 0.493 e. The van der Waals surface area contributed by atoms with Crippen LogP contribution in [0.15, 0.2) is 12.1 Å². The Hall–Kier alpha value is -1.82. The maximum absolute atomic E-state index is 5.29. The van der Waals surface area contributed by atoms with Crippen molar-refractivity contribution in [1.82, 2.24) is 0 Å². The van der Waals surface area contributed by atoms with Crippen LogP contribution in [0, 0.1) is 12.3 Å². The predicted molar refractivity (Wildman–Crippen MR) is 54.0 cm³/mol. The maximum Gasteiger partial charge on any atom is 0.203 e. The summed E-state index contributed by atoms with van der Waals surface area (Å²) in [4.78, 5) is 0. The molecule has 0 fully saturated rings. The fourth-order valence-electron chi connectivity index (χ4n) is 1.16. The van der Waals surface area contributed by atoms with Gasteiger partial charge in [-0.25, -0.2) is 0 Å². The third-order valence-corrected chi connectivity index (χ3v) is 1.83. The number of methoxy groups -OCH3 is 3. The van der Waals surface area contributed by atoms with Crippen LogP contribution < -0.4 is 14.2 Å². The molecule has 0 bridgehead atoms. The molecule has 0 amide bonds. The molecule has 0 N–H and O–H groups in total. The van der Waals surface area contributed by atoms with E-state index in [1.165, 1.54) is 0 Å². The van der Waals surface area contributed by atoms with Gasteiger partial charge in [0.25, 0.3) is 0 Å². The molecule has 0 aromatic heterocycles. The van der Waals surface area contributed by atoms with E-state index in [9.17, 15) is 0 Å². The molecule has 0 heterocycles. The Kier molecular flexibility index (Phi) is 3.24. The van der Waals surface area contributed by atoms with Crippen molar-refractivity contribution in [3.63, 3.8) is 0 Å². The summed E-state index contributed by atoms with van der Waals surface area (Å²) in [5, 5.41) is 0. The molecule has 0 saturated heterocycles. The van der Waals surface area contributed by atoms with Crippen molar-refractivity contribution in [2.75, 3.05) is 21.3 Å². The summed E-state index contributed by atoms with van der Waals surface area (Å²) in [7, 11) is 4.66. The zero-order chi connectivity index (χ0) is 10.6. The van der Waals surface area contributed by atoms with Crippen molar-refractivity contribution in [2.24, 2.45) is 0 Å². The van der Waals surface area contributed by atoms with Gasteiger partial charge in [-0.05, 0) is 12.1 Å². The van der Waals surface area contributed by atoms with Crippen molar-refractivity contribution < 1.29 is 14.2 Å². The zero-order valence-corrected chi connectivity index (χ0v) is 8.46. The highest BCUT2D eigenvalue weighted by molar-refractivity contribution is 5.56. The Labute approximate surface area is 83.6 Å². The summed E-state index contributed by atoms with van der Waals surface area (Å²) in [6.45, 7) is 0. The lowest BCUT2D eigenvalue weighted by Gasteiger charge is -2.12. The van der Waals surface area contributed by atoms with Crippen molar-refractivity contribution >= 4 is 0 Å². The fourth-order valence-corrected chi connectivity index (χ4v) is 1.16. The van der Waals surface area contributed by atoms with E-state index in [0.717, 1.165) is 0 Å². The summed E-state index contributed by atoms with van der Waals surface area (Å²) in [5.41, 5.74) is 0.694. The van der Waals surface area contributed by atoms with Gasteiger partial charge in [0.2, 0.25) is 5.75 Å². The minimum atomic E-state index is 0.550. The van der Waals surface area contributed by atoms with Crippen LogP contribution in [0.25, 0.3) is 0 Å². The average molecular weight is 192 g/mol. The van der Waals surface area contributed by atoms with Gasteiger partial charge in [0, 0.05) is 5.56 Å². The first kappa shape index (κ1) is 10.3. The number of benzene rings is 1. The molecule has 74 valence electrons. The molecular formula is C11H12O3. The van der Waals surface area contributed by atoms with E-state index in [2.05, 4.69) is 5.92 Å². The quantitative estimate of drug-likeness (QED) is 0.682. The summed E-state index contributed by atoms with van der Waals surface area (Å²) < 4.78 is 15.4. The van der Waals surface area contributed by atoms with E-state index in [1.807, 2.05) is 0 Å². The van der Waals surface area contributed by atoms with Gasteiger partial charge in [0.05, 0.1) is 21.3 Å². The third-order valence-electron chi connectivity index (χ3n) is 1.83. The van der Waals surface area contributed by atoms with Gasteiger partial charge in [-0.2, -0.15) is 0 Å². The van der Waals surface area contributed by atoms with E-state index >= 15 is 0 Å². The predicted octanol–water partition coefficient (Wildman–Crippen LogP) is 1.69. The minimum absolute atomic E-state index is 0.550. The molecule has 1 rings (SSSR count). The second-order valence-corrected chi connectivity index (χ2v) is 2.56. The molecule has 0 unspecified atom stereocenters. The monoisotopic (exact) mass is 192 g/mol. The fraction of sp³-hybridized carbons (Fsp3) is 0.273. The topological polar surface area (TPSA) is 27.7 Å². The minimum Gasteiger partial charge on any atom is -0.493 e. The van der Waals surface area contributed by atoms with Crippen LogP contribution in [-0.2, 0) is 0 Å². The summed E-state index contributed by atoms with van der Waals surface area (Å²) >= 11 is 0. The van der Waals surface area contributed by atoms with Crippen LogP contribution in [0.3, 0.4) is 0 Å². The van der Waals surface area contributed by atoms with Crippen LogP contribution in [0.5, 0.6) is 17.2 Å². The van der Waals surface area contributed by atoms with Gasteiger partial charge in [0.1, 0.15) is 0 Å². The molecule has 0 aliphatic carbocycles. The van der Waals surface area contributed by atoms with Crippen LogP contribution >= 0.6 is 0 Å². The molecule has 1 aromatic carbocycles. The van der Waals surface area contributed by atoms with Crippen LogP contribution in [-0.4, -0.2) is 21.3 Å². The molecule has 3 nitrogen and oxygen atoms in total. The first-order valence-corrected chi connectivity index (χ1v) is 4.03. The van der Waals surface area contributed by atoms with Gasteiger partial charge in [-0.1, -0.05) is 5.92 Å². The molecule has 0 radical (unpaired) electrons. The van der Waals surface area contributed by atoms with E-state index in [1.54, 1.807) is 33.5 Å². The van der Waals surface area contributed by atoms with E-state index in [0.29, 0.717) is 22.8 Å². The van der Waals surface area contributed by atoms with E-state index in [4.69, 9.17) is 20.6 Å². The van der Waals surface area contributed by atoms with Gasteiger partial charge < -0.3 is 14.2 Å². The van der Waals surface area contributed by atoms with Gasteiger partial charge in [-0.15, -0.1) is 6.42 Å². The molecule has 0 spiro atoms. The molecule has 3 heteroatoms. The molecule has 14 heavy (non-hydrogen) atoms.